The second-order valence-corrected chi connectivity index (χ2v) is 2.69. The van der Waals surface area contributed by atoms with Crippen molar-refractivity contribution >= 4 is 5.91 Å². The highest BCUT2D eigenvalue weighted by Gasteiger charge is 2.07. The molecule has 4 N–H and O–H groups in total. The van der Waals surface area contributed by atoms with E-state index in [1.807, 2.05) is 30.3 Å². The van der Waals surface area contributed by atoms with Crippen LogP contribution in [0.4, 0.5) is 0 Å². The van der Waals surface area contributed by atoms with Gasteiger partial charge < -0.3 is 11.5 Å². The van der Waals surface area contributed by atoms with E-state index in [-0.39, 0.29) is 18.4 Å². The second-order valence-electron chi connectivity index (χ2n) is 2.69. The summed E-state index contributed by atoms with van der Waals surface area (Å²) >= 11 is 0. The highest BCUT2D eigenvalue weighted by Crippen LogP contribution is 2.11. The van der Waals surface area contributed by atoms with Crippen LogP contribution in [0.2, 0.25) is 0 Å². The van der Waals surface area contributed by atoms with Gasteiger partial charge in [-0.15, -0.1) is 0 Å². The second kappa shape index (κ2) is 3.88. The molecule has 64 valence electrons. The van der Waals surface area contributed by atoms with Gasteiger partial charge in [0.2, 0.25) is 5.91 Å². The van der Waals surface area contributed by atoms with Crippen molar-refractivity contribution in [3.05, 3.63) is 35.9 Å². The van der Waals surface area contributed by atoms with Crippen LogP contribution in [-0.2, 0) is 4.79 Å². The van der Waals surface area contributed by atoms with Gasteiger partial charge in [0, 0.05) is 12.5 Å². The molecule has 0 aliphatic heterocycles. The quantitative estimate of drug-likeness (QED) is 0.685. The van der Waals surface area contributed by atoms with Crippen LogP contribution in [0.5, 0.6) is 0 Å². The summed E-state index contributed by atoms with van der Waals surface area (Å²) < 4.78 is 0. The van der Waals surface area contributed by atoms with Crippen molar-refractivity contribution in [3.63, 3.8) is 0 Å². The molecule has 0 aliphatic carbocycles. The molecule has 0 aromatic heterocycles. The Morgan fingerprint density at radius 3 is 2.42 bits per heavy atom. The summed E-state index contributed by atoms with van der Waals surface area (Å²) in [7, 11) is 0. The molecule has 3 heteroatoms. The van der Waals surface area contributed by atoms with E-state index in [1.165, 1.54) is 0 Å². The van der Waals surface area contributed by atoms with Gasteiger partial charge in [-0.3, -0.25) is 4.79 Å². The van der Waals surface area contributed by atoms with Crippen molar-refractivity contribution in [2.24, 2.45) is 11.5 Å². The molecule has 1 aromatic carbocycles. The SMILES string of the molecule is NC(=O)CC(N)c1ccccc1. The maximum Gasteiger partial charge on any atom is 0.219 e. The molecule has 12 heavy (non-hydrogen) atoms. The first kappa shape index (κ1) is 8.74. The zero-order valence-electron chi connectivity index (χ0n) is 6.73. The van der Waals surface area contributed by atoms with Crippen molar-refractivity contribution in [2.45, 2.75) is 12.5 Å². The molecule has 0 saturated heterocycles. The number of amides is 1. The molecular weight excluding hydrogens is 152 g/mol. The first-order valence-corrected chi connectivity index (χ1v) is 3.79. The van der Waals surface area contributed by atoms with Crippen LogP contribution >= 0.6 is 0 Å². The Bertz CT molecular complexity index is 258. The van der Waals surface area contributed by atoms with Crippen LogP contribution in [0.1, 0.15) is 18.0 Å². The van der Waals surface area contributed by atoms with Crippen LogP contribution in [-0.4, -0.2) is 5.91 Å². The summed E-state index contributed by atoms with van der Waals surface area (Å²) in [5.74, 6) is -0.369. The molecule has 1 unspecified atom stereocenters. The lowest BCUT2D eigenvalue weighted by atomic mass is 10.1. The molecule has 1 atom stereocenters. The Morgan fingerprint density at radius 1 is 1.33 bits per heavy atom. The number of rotatable bonds is 3. The first-order chi connectivity index (χ1) is 5.70. The molecule has 0 spiro atoms. The van der Waals surface area contributed by atoms with E-state index in [4.69, 9.17) is 11.5 Å². The van der Waals surface area contributed by atoms with Crippen molar-refractivity contribution < 1.29 is 4.79 Å². The van der Waals surface area contributed by atoms with Crippen LogP contribution in [0, 0.1) is 0 Å². The van der Waals surface area contributed by atoms with Crippen LogP contribution in [0.25, 0.3) is 0 Å². The molecule has 0 radical (unpaired) electrons. The average molecular weight is 164 g/mol. The topological polar surface area (TPSA) is 69.1 Å². The summed E-state index contributed by atoms with van der Waals surface area (Å²) in [6, 6.07) is 9.16. The average Bonchev–Trinajstić information content (AvgIpc) is 2.05. The van der Waals surface area contributed by atoms with Gasteiger partial charge in [0.05, 0.1) is 0 Å². The third kappa shape index (κ3) is 2.36. The molecule has 3 nitrogen and oxygen atoms in total. The fourth-order valence-corrected chi connectivity index (χ4v) is 1.03. The standard InChI is InChI=1S/C9H12N2O/c10-8(6-9(11)12)7-4-2-1-3-5-7/h1-5,8H,6,10H2,(H2,11,12). The number of hydrogen-bond acceptors (Lipinski definition) is 2. The highest BCUT2D eigenvalue weighted by atomic mass is 16.1. The Hall–Kier alpha value is -1.35. The third-order valence-corrected chi connectivity index (χ3v) is 1.65. The van der Waals surface area contributed by atoms with Gasteiger partial charge in [0.1, 0.15) is 0 Å². The zero-order chi connectivity index (χ0) is 8.97. The molecule has 1 aromatic rings. The summed E-state index contributed by atoms with van der Waals surface area (Å²) in [5, 5.41) is 0. The number of hydrogen-bond donors (Lipinski definition) is 2. The van der Waals surface area contributed by atoms with E-state index in [2.05, 4.69) is 0 Å². The molecule has 0 heterocycles. The van der Waals surface area contributed by atoms with Gasteiger partial charge in [-0.2, -0.15) is 0 Å². The van der Waals surface area contributed by atoms with Crippen LogP contribution in [0.3, 0.4) is 0 Å². The number of benzene rings is 1. The van der Waals surface area contributed by atoms with Gasteiger partial charge in [-0.05, 0) is 5.56 Å². The molecule has 1 rings (SSSR count). The molecule has 0 aliphatic rings. The minimum absolute atomic E-state index is 0.198. The summed E-state index contributed by atoms with van der Waals surface area (Å²) in [6.45, 7) is 0. The van der Waals surface area contributed by atoms with Crippen molar-refractivity contribution in [1.82, 2.24) is 0 Å². The monoisotopic (exact) mass is 164 g/mol. The summed E-state index contributed by atoms with van der Waals surface area (Å²) in [5.41, 5.74) is 11.6. The Balaban J connectivity index is 2.65. The third-order valence-electron chi connectivity index (χ3n) is 1.65. The zero-order valence-corrected chi connectivity index (χ0v) is 6.73. The Morgan fingerprint density at radius 2 is 1.92 bits per heavy atom. The fourth-order valence-electron chi connectivity index (χ4n) is 1.03. The maximum absolute atomic E-state index is 10.5. The smallest absolute Gasteiger partial charge is 0.219 e. The number of nitrogens with two attached hydrogens (primary N) is 2. The molecule has 1 amide bonds. The summed E-state index contributed by atoms with van der Waals surface area (Å²) in [6.07, 6.45) is 0.198. The fraction of sp³-hybridized carbons (Fsp3) is 0.222. The number of carbonyl (C=O) groups is 1. The lowest BCUT2D eigenvalue weighted by Crippen LogP contribution is -2.20. The van der Waals surface area contributed by atoms with E-state index in [1.54, 1.807) is 0 Å². The van der Waals surface area contributed by atoms with Crippen LogP contribution < -0.4 is 11.5 Å². The van der Waals surface area contributed by atoms with Crippen LogP contribution in [0.15, 0.2) is 30.3 Å². The van der Waals surface area contributed by atoms with Crippen molar-refractivity contribution in [3.8, 4) is 0 Å². The summed E-state index contributed by atoms with van der Waals surface area (Å²) in [4.78, 5) is 10.5. The Kier molecular flexibility index (Phi) is 2.82. The Labute approximate surface area is 71.4 Å². The predicted octanol–water partition coefficient (Wildman–Crippen LogP) is 0.562. The minimum atomic E-state index is -0.369. The normalized spacial score (nSPS) is 12.4. The minimum Gasteiger partial charge on any atom is -0.370 e. The van der Waals surface area contributed by atoms with E-state index < -0.39 is 0 Å². The van der Waals surface area contributed by atoms with E-state index in [0.29, 0.717) is 0 Å². The van der Waals surface area contributed by atoms with Gasteiger partial charge in [0.15, 0.2) is 0 Å². The number of primary amides is 1. The van der Waals surface area contributed by atoms with Gasteiger partial charge in [-0.25, -0.2) is 0 Å². The predicted molar refractivity (Wildman–Crippen MR) is 47.2 cm³/mol. The molecule has 0 saturated carbocycles. The van der Waals surface area contributed by atoms with Gasteiger partial charge in [-0.1, -0.05) is 30.3 Å². The molecular formula is C9H12N2O. The number of carbonyl (C=O) groups excluding carboxylic acids is 1. The highest BCUT2D eigenvalue weighted by molar-refractivity contribution is 5.74. The van der Waals surface area contributed by atoms with E-state index >= 15 is 0 Å². The molecule has 0 bridgehead atoms. The van der Waals surface area contributed by atoms with Gasteiger partial charge in [0.25, 0.3) is 0 Å². The maximum atomic E-state index is 10.5. The van der Waals surface area contributed by atoms with Crippen molar-refractivity contribution in [2.75, 3.05) is 0 Å². The van der Waals surface area contributed by atoms with Crippen molar-refractivity contribution in [1.29, 1.82) is 0 Å². The lowest BCUT2D eigenvalue weighted by Gasteiger charge is -2.08. The lowest BCUT2D eigenvalue weighted by molar-refractivity contribution is -0.118. The van der Waals surface area contributed by atoms with Gasteiger partial charge >= 0.3 is 0 Å². The van der Waals surface area contributed by atoms with E-state index in [0.717, 1.165) is 5.56 Å². The van der Waals surface area contributed by atoms with E-state index in [9.17, 15) is 4.79 Å². The molecule has 0 fully saturated rings. The first-order valence-electron chi connectivity index (χ1n) is 3.79. The largest absolute Gasteiger partial charge is 0.370 e.